The van der Waals surface area contributed by atoms with Gasteiger partial charge in [0.2, 0.25) is 0 Å². The van der Waals surface area contributed by atoms with Crippen molar-refractivity contribution in [1.29, 1.82) is 0 Å². The SMILES string of the molecule is CCCNCc1ccc(COc2cc(F)cc(F)c2)cc1. The van der Waals surface area contributed by atoms with Crippen molar-refractivity contribution in [3.8, 4) is 5.75 Å². The monoisotopic (exact) mass is 291 g/mol. The molecule has 0 amide bonds. The van der Waals surface area contributed by atoms with Gasteiger partial charge in [-0.2, -0.15) is 0 Å². The van der Waals surface area contributed by atoms with Crippen molar-refractivity contribution in [1.82, 2.24) is 5.32 Å². The highest BCUT2D eigenvalue weighted by Gasteiger charge is 2.02. The van der Waals surface area contributed by atoms with E-state index in [2.05, 4.69) is 12.2 Å². The second-order valence-corrected chi connectivity index (χ2v) is 4.89. The van der Waals surface area contributed by atoms with Gasteiger partial charge >= 0.3 is 0 Å². The maximum absolute atomic E-state index is 13.0. The van der Waals surface area contributed by atoms with E-state index in [1.54, 1.807) is 0 Å². The molecule has 0 fully saturated rings. The van der Waals surface area contributed by atoms with Gasteiger partial charge in [-0.25, -0.2) is 8.78 Å². The molecule has 2 aromatic rings. The van der Waals surface area contributed by atoms with Gasteiger partial charge in [0.25, 0.3) is 0 Å². The van der Waals surface area contributed by atoms with Crippen LogP contribution in [0.2, 0.25) is 0 Å². The predicted octanol–water partition coefficient (Wildman–Crippen LogP) is 4.04. The Hall–Kier alpha value is -1.94. The predicted molar refractivity (Wildman–Crippen MR) is 79.1 cm³/mol. The van der Waals surface area contributed by atoms with Gasteiger partial charge in [-0.15, -0.1) is 0 Å². The third-order valence-corrected chi connectivity index (χ3v) is 3.02. The summed E-state index contributed by atoms with van der Waals surface area (Å²) < 4.78 is 31.5. The van der Waals surface area contributed by atoms with Gasteiger partial charge in [0.1, 0.15) is 24.0 Å². The lowest BCUT2D eigenvalue weighted by Gasteiger charge is -2.08. The molecule has 112 valence electrons. The molecular weight excluding hydrogens is 272 g/mol. The van der Waals surface area contributed by atoms with Crippen molar-refractivity contribution in [3.63, 3.8) is 0 Å². The number of halogens is 2. The van der Waals surface area contributed by atoms with Gasteiger partial charge in [-0.3, -0.25) is 0 Å². The molecule has 2 rings (SSSR count). The van der Waals surface area contributed by atoms with Gasteiger partial charge < -0.3 is 10.1 Å². The molecule has 0 saturated heterocycles. The number of rotatable bonds is 7. The highest BCUT2D eigenvalue weighted by Crippen LogP contribution is 2.17. The maximum Gasteiger partial charge on any atom is 0.129 e. The van der Waals surface area contributed by atoms with Crippen LogP contribution in [0.3, 0.4) is 0 Å². The van der Waals surface area contributed by atoms with Crippen molar-refractivity contribution >= 4 is 0 Å². The highest BCUT2D eigenvalue weighted by molar-refractivity contribution is 5.26. The second kappa shape index (κ2) is 7.74. The van der Waals surface area contributed by atoms with Gasteiger partial charge in [0.05, 0.1) is 0 Å². The number of hydrogen-bond donors (Lipinski definition) is 1. The standard InChI is InChI=1S/C17H19F2NO/c1-2-7-20-11-13-3-5-14(6-4-13)12-21-17-9-15(18)8-16(19)10-17/h3-6,8-10,20H,2,7,11-12H2,1H3. The second-order valence-electron chi connectivity index (χ2n) is 4.89. The van der Waals surface area contributed by atoms with Crippen LogP contribution in [0.5, 0.6) is 5.75 Å². The summed E-state index contributed by atoms with van der Waals surface area (Å²) in [6.07, 6.45) is 1.11. The molecule has 0 aliphatic carbocycles. The minimum absolute atomic E-state index is 0.196. The molecule has 4 heteroatoms. The maximum atomic E-state index is 13.0. The van der Waals surface area contributed by atoms with Crippen LogP contribution in [-0.4, -0.2) is 6.54 Å². The smallest absolute Gasteiger partial charge is 0.129 e. The average molecular weight is 291 g/mol. The molecular formula is C17H19F2NO. The van der Waals surface area contributed by atoms with Gasteiger partial charge in [-0.1, -0.05) is 31.2 Å². The van der Waals surface area contributed by atoms with Crippen LogP contribution < -0.4 is 10.1 Å². The fourth-order valence-corrected chi connectivity index (χ4v) is 1.94. The van der Waals surface area contributed by atoms with Gasteiger partial charge in [0, 0.05) is 24.7 Å². The summed E-state index contributed by atoms with van der Waals surface area (Å²) in [5.74, 6) is -1.08. The van der Waals surface area contributed by atoms with Crippen molar-refractivity contribution in [3.05, 3.63) is 65.2 Å². The Morgan fingerprint density at radius 2 is 1.57 bits per heavy atom. The van der Waals surface area contributed by atoms with E-state index in [4.69, 9.17) is 4.74 Å². The van der Waals surface area contributed by atoms with E-state index in [0.717, 1.165) is 31.1 Å². The van der Waals surface area contributed by atoms with Crippen LogP contribution in [0.4, 0.5) is 8.78 Å². The van der Waals surface area contributed by atoms with Crippen molar-refractivity contribution in [2.24, 2.45) is 0 Å². The first-order chi connectivity index (χ1) is 10.2. The lowest BCUT2D eigenvalue weighted by molar-refractivity contribution is 0.302. The molecule has 0 spiro atoms. The lowest BCUT2D eigenvalue weighted by atomic mass is 10.1. The van der Waals surface area contributed by atoms with Gasteiger partial charge in [-0.05, 0) is 24.1 Å². The number of ether oxygens (including phenoxy) is 1. The first kappa shape index (κ1) is 15.4. The molecule has 2 aromatic carbocycles. The zero-order valence-electron chi connectivity index (χ0n) is 12.0. The Labute approximate surface area is 123 Å². The first-order valence-electron chi connectivity index (χ1n) is 7.05. The first-order valence-corrected chi connectivity index (χ1v) is 7.05. The normalized spacial score (nSPS) is 10.6. The van der Waals surface area contributed by atoms with E-state index in [1.807, 2.05) is 24.3 Å². The molecule has 0 aliphatic heterocycles. The van der Waals surface area contributed by atoms with Crippen LogP contribution in [0.25, 0.3) is 0 Å². The Bertz CT molecular complexity index is 549. The lowest BCUT2D eigenvalue weighted by Crippen LogP contribution is -2.13. The minimum Gasteiger partial charge on any atom is -0.489 e. The van der Waals surface area contributed by atoms with Crippen molar-refractivity contribution in [2.75, 3.05) is 6.54 Å². The zero-order chi connectivity index (χ0) is 15.1. The summed E-state index contributed by atoms with van der Waals surface area (Å²) in [7, 11) is 0. The van der Waals surface area contributed by atoms with E-state index >= 15 is 0 Å². The topological polar surface area (TPSA) is 21.3 Å². The van der Waals surface area contributed by atoms with Gasteiger partial charge in [0.15, 0.2) is 0 Å². The summed E-state index contributed by atoms with van der Waals surface area (Å²) in [6.45, 7) is 4.24. The Balaban J connectivity index is 1.88. The summed E-state index contributed by atoms with van der Waals surface area (Å²) in [5.41, 5.74) is 2.16. The molecule has 1 N–H and O–H groups in total. The zero-order valence-corrected chi connectivity index (χ0v) is 12.0. The fraction of sp³-hybridized carbons (Fsp3) is 0.294. The Morgan fingerprint density at radius 3 is 2.19 bits per heavy atom. The molecule has 21 heavy (non-hydrogen) atoms. The minimum atomic E-state index is -0.637. The molecule has 0 aromatic heterocycles. The summed E-state index contributed by atoms with van der Waals surface area (Å²) in [5, 5.41) is 3.33. The van der Waals surface area contributed by atoms with Crippen LogP contribution in [0, 0.1) is 11.6 Å². The third kappa shape index (κ3) is 5.16. The summed E-state index contributed by atoms with van der Waals surface area (Å²) in [6, 6.07) is 11.1. The number of hydrogen-bond acceptors (Lipinski definition) is 2. The number of benzene rings is 2. The largest absolute Gasteiger partial charge is 0.489 e. The highest BCUT2D eigenvalue weighted by atomic mass is 19.1. The van der Waals surface area contributed by atoms with E-state index in [1.165, 1.54) is 17.7 Å². The van der Waals surface area contributed by atoms with E-state index < -0.39 is 11.6 Å². The van der Waals surface area contributed by atoms with E-state index in [0.29, 0.717) is 0 Å². The quantitative estimate of drug-likeness (QED) is 0.777. The molecule has 0 saturated carbocycles. The Morgan fingerprint density at radius 1 is 0.952 bits per heavy atom. The van der Waals surface area contributed by atoms with Crippen LogP contribution in [0.1, 0.15) is 24.5 Å². The molecule has 0 radical (unpaired) electrons. The Kier molecular flexibility index (Phi) is 5.69. The van der Waals surface area contributed by atoms with Crippen LogP contribution >= 0.6 is 0 Å². The van der Waals surface area contributed by atoms with Crippen molar-refractivity contribution < 1.29 is 13.5 Å². The third-order valence-electron chi connectivity index (χ3n) is 3.02. The molecule has 0 heterocycles. The fourth-order valence-electron chi connectivity index (χ4n) is 1.94. The number of nitrogens with one attached hydrogen (secondary N) is 1. The van der Waals surface area contributed by atoms with Crippen LogP contribution in [0.15, 0.2) is 42.5 Å². The van der Waals surface area contributed by atoms with E-state index in [-0.39, 0.29) is 12.4 Å². The molecule has 0 aliphatic rings. The molecule has 0 atom stereocenters. The molecule has 2 nitrogen and oxygen atoms in total. The molecule has 0 unspecified atom stereocenters. The summed E-state index contributed by atoms with van der Waals surface area (Å²) in [4.78, 5) is 0. The van der Waals surface area contributed by atoms with Crippen molar-refractivity contribution in [2.45, 2.75) is 26.5 Å². The summed E-state index contributed by atoms with van der Waals surface area (Å²) >= 11 is 0. The van der Waals surface area contributed by atoms with E-state index in [9.17, 15) is 8.78 Å². The average Bonchev–Trinajstić information content (AvgIpc) is 2.46. The van der Waals surface area contributed by atoms with Crippen LogP contribution in [-0.2, 0) is 13.2 Å². The molecule has 0 bridgehead atoms.